The van der Waals surface area contributed by atoms with E-state index in [2.05, 4.69) is 0 Å². The Kier molecular flexibility index (Phi) is 4.89. The fourth-order valence-corrected chi connectivity index (χ4v) is 4.37. The van der Waals surface area contributed by atoms with Crippen LogP contribution in [0.3, 0.4) is 0 Å². The van der Waals surface area contributed by atoms with Crippen LogP contribution < -0.4 is 5.73 Å². The van der Waals surface area contributed by atoms with Gasteiger partial charge in [0.15, 0.2) is 0 Å². The van der Waals surface area contributed by atoms with Gasteiger partial charge >= 0.3 is 0 Å². The van der Waals surface area contributed by atoms with Gasteiger partial charge in [-0.25, -0.2) is 8.42 Å². The third kappa shape index (κ3) is 3.38. The molecule has 0 aliphatic carbocycles. The molecule has 0 bridgehead atoms. The fraction of sp³-hybridized carbons (Fsp3) is 0.500. The van der Waals surface area contributed by atoms with Gasteiger partial charge in [0.25, 0.3) is 0 Å². The van der Waals surface area contributed by atoms with Gasteiger partial charge in [0.05, 0.1) is 15.5 Å². The molecule has 1 heterocycles. The highest BCUT2D eigenvalue weighted by molar-refractivity contribution is 7.89. The van der Waals surface area contributed by atoms with Crippen LogP contribution in [0.1, 0.15) is 25.3 Å². The van der Waals surface area contributed by atoms with Crippen LogP contribution in [0, 0.1) is 17.2 Å². The summed E-state index contributed by atoms with van der Waals surface area (Å²) in [6, 6.07) is 6.08. The first kappa shape index (κ1) is 16.2. The quantitative estimate of drug-likeness (QED) is 0.919. The number of sulfonamides is 1. The Morgan fingerprint density at radius 2 is 2.24 bits per heavy atom. The second-order valence-electron chi connectivity index (χ2n) is 5.38. The van der Waals surface area contributed by atoms with Crippen molar-refractivity contribution in [2.75, 3.05) is 13.1 Å². The van der Waals surface area contributed by atoms with Crippen LogP contribution in [0.15, 0.2) is 23.1 Å². The Balaban J connectivity index is 2.29. The first-order chi connectivity index (χ1) is 9.86. The van der Waals surface area contributed by atoms with E-state index in [0.29, 0.717) is 13.1 Å². The zero-order valence-electron chi connectivity index (χ0n) is 11.8. The molecule has 7 heteroatoms. The van der Waals surface area contributed by atoms with Crippen molar-refractivity contribution < 1.29 is 8.42 Å². The summed E-state index contributed by atoms with van der Waals surface area (Å²) >= 11 is 5.93. The molecule has 0 aromatic heterocycles. The van der Waals surface area contributed by atoms with Crippen molar-refractivity contribution in [3.8, 4) is 6.07 Å². The number of halogens is 1. The van der Waals surface area contributed by atoms with Crippen molar-refractivity contribution in [3.05, 3.63) is 28.8 Å². The largest absolute Gasteiger partial charge is 0.328 e. The average Bonchev–Trinajstić information content (AvgIpc) is 2.47. The minimum Gasteiger partial charge on any atom is -0.328 e. The van der Waals surface area contributed by atoms with Gasteiger partial charge in [-0.15, -0.1) is 0 Å². The lowest BCUT2D eigenvalue weighted by Crippen LogP contribution is -2.44. The van der Waals surface area contributed by atoms with E-state index in [4.69, 9.17) is 22.6 Å². The molecule has 1 fully saturated rings. The Bertz CT molecular complexity index is 667. The van der Waals surface area contributed by atoms with Crippen molar-refractivity contribution in [2.24, 2.45) is 11.7 Å². The summed E-state index contributed by atoms with van der Waals surface area (Å²) < 4.78 is 26.8. The van der Waals surface area contributed by atoms with E-state index < -0.39 is 10.0 Å². The van der Waals surface area contributed by atoms with Gasteiger partial charge in [-0.2, -0.15) is 9.57 Å². The lowest BCUT2D eigenvalue weighted by Gasteiger charge is -2.33. The predicted molar refractivity (Wildman–Crippen MR) is 81.3 cm³/mol. The average molecular weight is 328 g/mol. The Morgan fingerprint density at radius 1 is 1.52 bits per heavy atom. The van der Waals surface area contributed by atoms with Crippen molar-refractivity contribution >= 4 is 21.6 Å². The van der Waals surface area contributed by atoms with Gasteiger partial charge in [0, 0.05) is 19.1 Å². The minimum atomic E-state index is -3.59. The highest BCUT2D eigenvalue weighted by Gasteiger charge is 2.31. The van der Waals surface area contributed by atoms with Crippen LogP contribution in [-0.4, -0.2) is 31.9 Å². The van der Waals surface area contributed by atoms with Gasteiger partial charge in [0.1, 0.15) is 6.07 Å². The highest BCUT2D eigenvalue weighted by Crippen LogP contribution is 2.27. The van der Waals surface area contributed by atoms with Crippen molar-refractivity contribution in [1.82, 2.24) is 4.31 Å². The molecule has 1 aromatic carbocycles. The first-order valence-electron chi connectivity index (χ1n) is 6.81. The number of rotatable bonds is 3. The maximum Gasteiger partial charge on any atom is 0.243 e. The number of hydrogen-bond acceptors (Lipinski definition) is 4. The maximum atomic E-state index is 12.7. The molecule has 1 aliphatic rings. The highest BCUT2D eigenvalue weighted by atomic mass is 35.5. The van der Waals surface area contributed by atoms with E-state index in [1.165, 1.54) is 22.5 Å². The zero-order valence-corrected chi connectivity index (χ0v) is 13.4. The van der Waals surface area contributed by atoms with Gasteiger partial charge in [-0.05, 0) is 43.9 Å². The summed E-state index contributed by atoms with van der Waals surface area (Å²) in [5, 5.41) is 9.00. The summed E-state index contributed by atoms with van der Waals surface area (Å²) in [6.07, 6.45) is 1.74. The molecule has 1 saturated heterocycles. The maximum absolute atomic E-state index is 12.7. The lowest BCUT2D eigenvalue weighted by molar-refractivity contribution is 0.243. The van der Waals surface area contributed by atoms with Crippen molar-refractivity contribution in [1.29, 1.82) is 5.26 Å². The van der Waals surface area contributed by atoms with Crippen molar-refractivity contribution in [3.63, 3.8) is 0 Å². The standard InChI is InChI=1S/C14H18ClN3O2S/c1-10(17)12-3-2-6-18(9-12)21(19,20)13-5-4-11(8-16)14(15)7-13/h4-5,7,10,12H,2-3,6,9,17H2,1H3. The smallest absolute Gasteiger partial charge is 0.243 e. The van der Waals surface area contributed by atoms with Gasteiger partial charge in [-0.1, -0.05) is 11.6 Å². The lowest BCUT2D eigenvalue weighted by atomic mass is 9.93. The molecule has 0 amide bonds. The van der Waals surface area contributed by atoms with E-state index in [0.717, 1.165) is 12.8 Å². The van der Waals surface area contributed by atoms with E-state index in [9.17, 15) is 8.42 Å². The fourth-order valence-electron chi connectivity index (χ4n) is 2.52. The topological polar surface area (TPSA) is 87.2 Å². The van der Waals surface area contributed by atoms with Crippen LogP contribution in [0.2, 0.25) is 5.02 Å². The van der Waals surface area contributed by atoms with Crippen LogP contribution in [0.5, 0.6) is 0 Å². The zero-order chi connectivity index (χ0) is 15.6. The molecular formula is C14H18ClN3O2S. The minimum absolute atomic E-state index is 0.0347. The molecule has 114 valence electrons. The molecule has 0 radical (unpaired) electrons. The SMILES string of the molecule is CC(N)C1CCCN(S(=O)(=O)c2ccc(C#N)c(Cl)c2)C1. The first-order valence-corrected chi connectivity index (χ1v) is 8.63. The third-order valence-electron chi connectivity index (χ3n) is 3.86. The van der Waals surface area contributed by atoms with Gasteiger partial charge in [-0.3, -0.25) is 0 Å². The Labute approximate surface area is 130 Å². The van der Waals surface area contributed by atoms with E-state index in [1.54, 1.807) is 0 Å². The second-order valence-corrected chi connectivity index (χ2v) is 7.72. The Hall–Kier alpha value is -1.13. The van der Waals surface area contributed by atoms with Crippen LogP contribution >= 0.6 is 11.6 Å². The molecule has 1 aromatic rings. The molecule has 1 aliphatic heterocycles. The second kappa shape index (κ2) is 6.32. The van der Waals surface area contributed by atoms with Crippen molar-refractivity contribution in [2.45, 2.75) is 30.7 Å². The molecule has 5 nitrogen and oxygen atoms in total. The van der Waals surface area contributed by atoms with E-state index in [-0.39, 0.29) is 27.4 Å². The number of hydrogen-bond donors (Lipinski definition) is 1. The number of piperidine rings is 1. The molecule has 0 spiro atoms. The predicted octanol–water partition coefficient (Wildman–Crippen LogP) is 1.96. The summed E-state index contributed by atoms with van der Waals surface area (Å²) in [5.41, 5.74) is 6.16. The molecule has 2 unspecified atom stereocenters. The monoisotopic (exact) mass is 327 g/mol. The van der Waals surface area contributed by atoms with Crippen LogP contribution in [0.25, 0.3) is 0 Å². The van der Waals surface area contributed by atoms with E-state index >= 15 is 0 Å². The van der Waals surface area contributed by atoms with E-state index in [1.807, 2.05) is 13.0 Å². The molecule has 21 heavy (non-hydrogen) atoms. The number of benzene rings is 1. The third-order valence-corrected chi connectivity index (χ3v) is 6.04. The molecule has 2 N–H and O–H groups in total. The Morgan fingerprint density at radius 3 is 2.81 bits per heavy atom. The molecule has 2 atom stereocenters. The molecular weight excluding hydrogens is 310 g/mol. The summed E-state index contributed by atoms with van der Waals surface area (Å²) in [7, 11) is -3.59. The summed E-state index contributed by atoms with van der Waals surface area (Å²) in [5.74, 6) is 0.169. The number of nitrogens with zero attached hydrogens (tertiary/aromatic N) is 2. The number of nitriles is 1. The van der Waals surface area contributed by atoms with Gasteiger partial charge < -0.3 is 5.73 Å². The van der Waals surface area contributed by atoms with Gasteiger partial charge in [0.2, 0.25) is 10.0 Å². The molecule has 0 saturated carbocycles. The van der Waals surface area contributed by atoms with Crippen LogP contribution in [0.4, 0.5) is 0 Å². The normalized spacial score (nSPS) is 21.7. The summed E-state index contributed by atoms with van der Waals surface area (Å²) in [4.78, 5) is 0.122. The summed E-state index contributed by atoms with van der Waals surface area (Å²) in [6.45, 7) is 2.82. The molecule has 2 rings (SSSR count). The van der Waals surface area contributed by atoms with Crippen LogP contribution in [-0.2, 0) is 10.0 Å². The number of nitrogens with two attached hydrogens (primary N) is 1.